The summed E-state index contributed by atoms with van der Waals surface area (Å²) in [4.78, 5) is 0. The summed E-state index contributed by atoms with van der Waals surface area (Å²) in [7, 11) is 0. The van der Waals surface area contributed by atoms with Gasteiger partial charge in [-0.25, -0.2) is 0 Å². The minimum absolute atomic E-state index is 0.465. The number of alkyl halides is 3. The molecule has 2 aromatic carbocycles. The van der Waals surface area contributed by atoms with E-state index in [2.05, 4.69) is 6.92 Å². The van der Waals surface area contributed by atoms with Gasteiger partial charge in [0.25, 0.3) is 0 Å². The van der Waals surface area contributed by atoms with Crippen molar-refractivity contribution in [1.29, 1.82) is 0 Å². The van der Waals surface area contributed by atoms with Crippen LogP contribution in [0.1, 0.15) is 30.0 Å². The summed E-state index contributed by atoms with van der Waals surface area (Å²) in [5.41, 5.74) is 0.770. The van der Waals surface area contributed by atoms with Crippen LogP contribution in [0, 0.1) is 6.92 Å². The predicted molar refractivity (Wildman–Crippen MR) is 83.5 cm³/mol. The molecule has 0 saturated heterocycles. The molecule has 0 saturated carbocycles. The second-order valence-corrected chi connectivity index (χ2v) is 5.17. The first kappa shape index (κ1) is 16.3. The van der Waals surface area contributed by atoms with E-state index in [9.17, 15) is 13.2 Å². The Bertz CT molecular complexity index is 624. The average molecular weight is 303 g/mol. The lowest BCUT2D eigenvalue weighted by atomic mass is 9.72. The van der Waals surface area contributed by atoms with E-state index in [0.717, 1.165) is 29.7 Å². The van der Waals surface area contributed by atoms with Gasteiger partial charge in [-0.1, -0.05) is 61.5 Å². The van der Waals surface area contributed by atoms with Gasteiger partial charge in [0.1, 0.15) is 0 Å². The highest BCUT2D eigenvalue weighted by atomic mass is 19.4. The summed E-state index contributed by atoms with van der Waals surface area (Å²) in [5, 5.41) is 0. The van der Waals surface area contributed by atoms with Crippen molar-refractivity contribution in [2.24, 2.45) is 0 Å². The van der Waals surface area contributed by atoms with Crippen LogP contribution in [0.25, 0.3) is 0 Å². The van der Waals surface area contributed by atoms with Gasteiger partial charge in [0.15, 0.2) is 0 Å². The van der Waals surface area contributed by atoms with E-state index in [-0.39, 0.29) is 0 Å². The molecule has 1 radical (unpaired) electrons. The zero-order valence-electron chi connectivity index (χ0n) is 12.4. The summed E-state index contributed by atoms with van der Waals surface area (Å²) < 4.78 is 38.2. The lowest BCUT2D eigenvalue weighted by Crippen LogP contribution is -2.24. The molecular formula is C19H18F3. The van der Waals surface area contributed by atoms with E-state index in [1.54, 1.807) is 18.2 Å². The van der Waals surface area contributed by atoms with Gasteiger partial charge in [0.2, 0.25) is 0 Å². The summed E-state index contributed by atoms with van der Waals surface area (Å²) >= 11 is 0. The zero-order chi connectivity index (χ0) is 16.2. The predicted octanol–water partition coefficient (Wildman–Crippen LogP) is 5.79. The minimum atomic E-state index is -4.32. The molecule has 0 bridgehead atoms. The highest BCUT2D eigenvalue weighted by molar-refractivity contribution is 5.45. The number of allylic oxidation sites excluding steroid dienone is 2. The highest BCUT2D eigenvalue weighted by Crippen LogP contribution is 2.38. The third-order valence-electron chi connectivity index (χ3n) is 3.98. The Kier molecular flexibility index (Phi) is 4.74. The molecule has 0 aromatic heterocycles. The number of rotatable bonds is 4. The molecule has 0 spiro atoms. The van der Waals surface area contributed by atoms with Gasteiger partial charge in [-0.15, -0.1) is 0 Å². The Morgan fingerprint density at radius 2 is 1.36 bits per heavy atom. The Balaban J connectivity index is 2.56. The van der Waals surface area contributed by atoms with E-state index >= 15 is 0 Å². The van der Waals surface area contributed by atoms with Crippen LogP contribution >= 0.6 is 0 Å². The van der Waals surface area contributed by atoms with Crippen molar-refractivity contribution in [3.63, 3.8) is 0 Å². The molecule has 0 amide bonds. The van der Waals surface area contributed by atoms with Crippen LogP contribution in [0.2, 0.25) is 0 Å². The second kappa shape index (κ2) is 6.39. The van der Waals surface area contributed by atoms with Crippen molar-refractivity contribution >= 4 is 0 Å². The van der Waals surface area contributed by atoms with Crippen molar-refractivity contribution in [1.82, 2.24) is 0 Å². The lowest BCUT2D eigenvalue weighted by molar-refractivity contribution is -0.137. The van der Waals surface area contributed by atoms with E-state index in [0.29, 0.717) is 0 Å². The van der Waals surface area contributed by atoms with Crippen molar-refractivity contribution < 1.29 is 13.2 Å². The van der Waals surface area contributed by atoms with Crippen molar-refractivity contribution in [2.45, 2.75) is 24.9 Å². The molecule has 22 heavy (non-hydrogen) atoms. The third kappa shape index (κ3) is 3.08. The largest absolute Gasteiger partial charge is 0.416 e. The van der Waals surface area contributed by atoms with Gasteiger partial charge in [0.05, 0.1) is 5.56 Å². The standard InChI is InChI=1S/C19H18F3/c1-3-14-18(4-2,15-8-6-5-7-9-15)16-10-12-17(13-11-16)19(20,21)22/h3,5-14H,1,4H2,2H3. The molecule has 1 unspecified atom stereocenters. The monoisotopic (exact) mass is 303 g/mol. The Labute approximate surface area is 129 Å². The summed E-state index contributed by atoms with van der Waals surface area (Å²) in [6.07, 6.45) is 0.0653. The van der Waals surface area contributed by atoms with Crippen LogP contribution in [0.5, 0.6) is 0 Å². The van der Waals surface area contributed by atoms with E-state index < -0.39 is 17.2 Å². The van der Waals surface area contributed by atoms with Gasteiger partial charge in [0, 0.05) is 5.41 Å². The number of hydrogen-bond acceptors (Lipinski definition) is 0. The molecule has 0 aliphatic heterocycles. The molecule has 2 aromatic rings. The maximum Gasteiger partial charge on any atom is 0.416 e. The van der Waals surface area contributed by atoms with E-state index in [1.807, 2.05) is 43.3 Å². The van der Waals surface area contributed by atoms with E-state index in [1.165, 1.54) is 0 Å². The van der Waals surface area contributed by atoms with Crippen LogP contribution < -0.4 is 0 Å². The van der Waals surface area contributed by atoms with Crippen LogP contribution in [0.15, 0.2) is 66.7 Å². The van der Waals surface area contributed by atoms with Crippen LogP contribution in [0.3, 0.4) is 0 Å². The highest BCUT2D eigenvalue weighted by Gasteiger charge is 2.33. The molecule has 0 aliphatic rings. The van der Waals surface area contributed by atoms with Gasteiger partial charge in [-0.3, -0.25) is 0 Å². The van der Waals surface area contributed by atoms with Gasteiger partial charge >= 0.3 is 6.18 Å². The molecule has 0 fully saturated rings. The molecule has 3 heteroatoms. The molecule has 0 N–H and O–H groups in total. The van der Waals surface area contributed by atoms with E-state index in [4.69, 9.17) is 0 Å². The maximum absolute atomic E-state index is 12.7. The number of halogens is 3. The minimum Gasteiger partial charge on any atom is -0.166 e. The maximum atomic E-state index is 12.7. The summed E-state index contributed by atoms with van der Waals surface area (Å²) in [6, 6.07) is 15.1. The fraction of sp³-hybridized carbons (Fsp3) is 0.211. The third-order valence-corrected chi connectivity index (χ3v) is 3.98. The molecule has 2 rings (SSSR count). The quantitative estimate of drug-likeness (QED) is 0.670. The molecule has 1 atom stereocenters. The zero-order valence-corrected chi connectivity index (χ0v) is 12.4. The first-order valence-electron chi connectivity index (χ1n) is 7.14. The van der Waals surface area contributed by atoms with Gasteiger partial charge in [-0.2, -0.15) is 13.2 Å². The Morgan fingerprint density at radius 3 is 1.82 bits per heavy atom. The van der Waals surface area contributed by atoms with Crippen LogP contribution in [0.4, 0.5) is 13.2 Å². The van der Waals surface area contributed by atoms with Crippen LogP contribution in [-0.4, -0.2) is 0 Å². The summed E-state index contributed by atoms with van der Waals surface area (Å²) in [5.74, 6) is 0. The lowest BCUT2D eigenvalue weighted by Gasteiger charge is -2.31. The van der Waals surface area contributed by atoms with Gasteiger partial charge < -0.3 is 0 Å². The fourth-order valence-electron chi connectivity index (χ4n) is 2.78. The Morgan fingerprint density at radius 1 is 0.864 bits per heavy atom. The smallest absolute Gasteiger partial charge is 0.166 e. The van der Waals surface area contributed by atoms with Crippen molar-refractivity contribution in [3.8, 4) is 0 Å². The van der Waals surface area contributed by atoms with Crippen LogP contribution in [-0.2, 0) is 11.6 Å². The molecule has 115 valence electrons. The SMILES string of the molecule is [CH2]C=CC(CC)(c1ccccc1)c1ccc(C(F)(F)F)cc1. The first-order valence-corrected chi connectivity index (χ1v) is 7.14. The molecular weight excluding hydrogens is 285 g/mol. The topological polar surface area (TPSA) is 0 Å². The van der Waals surface area contributed by atoms with Gasteiger partial charge in [-0.05, 0) is 36.6 Å². The number of hydrogen-bond donors (Lipinski definition) is 0. The Hall–Kier alpha value is -2.03. The second-order valence-electron chi connectivity index (χ2n) is 5.17. The molecule has 0 nitrogen and oxygen atoms in total. The molecule has 0 heterocycles. The summed E-state index contributed by atoms with van der Waals surface area (Å²) in [6.45, 7) is 5.78. The fourth-order valence-corrected chi connectivity index (χ4v) is 2.78. The van der Waals surface area contributed by atoms with Crippen molar-refractivity contribution in [3.05, 3.63) is 90.4 Å². The first-order chi connectivity index (χ1) is 10.4. The number of benzene rings is 2. The normalized spacial score (nSPS) is 15.0. The van der Waals surface area contributed by atoms with Crippen molar-refractivity contribution in [2.75, 3.05) is 0 Å². The average Bonchev–Trinajstić information content (AvgIpc) is 2.53. The molecule has 0 aliphatic carbocycles.